The monoisotopic (exact) mass is 451 g/mol. The zero-order chi connectivity index (χ0) is 23.5. The van der Waals surface area contributed by atoms with Gasteiger partial charge in [0, 0.05) is 29.3 Å². The topological polar surface area (TPSA) is 123 Å². The van der Waals surface area contributed by atoms with E-state index in [4.69, 9.17) is 0 Å². The van der Waals surface area contributed by atoms with Crippen LogP contribution in [-0.4, -0.2) is 46.0 Å². The molecule has 4 rings (SSSR count). The summed E-state index contributed by atoms with van der Waals surface area (Å²) in [4.78, 5) is 73.2. The highest BCUT2D eigenvalue weighted by Crippen LogP contribution is 2.33. The van der Waals surface area contributed by atoms with Crippen LogP contribution in [0, 0.1) is 11.8 Å². The number of fused-ring (bicyclic) bond motifs is 2. The predicted molar refractivity (Wildman–Crippen MR) is 113 cm³/mol. The van der Waals surface area contributed by atoms with E-state index in [-0.39, 0.29) is 27.1 Å². The van der Waals surface area contributed by atoms with Crippen molar-refractivity contribution in [1.29, 1.82) is 0 Å². The molecule has 0 bridgehead atoms. The number of rotatable bonds is 5. The van der Waals surface area contributed by atoms with E-state index in [2.05, 4.69) is 0 Å². The fourth-order valence-corrected chi connectivity index (χ4v) is 5.07. The zero-order valence-electron chi connectivity index (χ0n) is 17.3. The van der Waals surface area contributed by atoms with E-state index >= 15 is 0 Å². The molecule has 0 aliphatic heterocycles. The molecule has 162 valence electrons. The number of benzene rings is 2. The number of nitrogens with zero attached hydrogens (tertiary/aromatic N) is 1. The van der Waals surface area contributed by atoms with Gasteiger partial charge in [-0.05, 0) is 50.2 Å². The summed E-state index contributed by atoms with van der Waals surface area (Å²) in [6, 6.07) is 8.49. The van der Waals surface area contributed by atoms with Crippen LogP contribution in [0.2, 0.25) is 0 Å². The van der Waals surface area contributed by atoms with E-state index in [9.17, 15) is 33.0 Å². The van der Waals surface area contributed by atoms with Crippen LogP contribution in [0.15, 0.2) is 41.3 Å². The summed E-state index contributed by atoms with van der Waals surface area (Å²) < 4.78 is 14.5. The molecule has 2 aliphatic carbocycles. The molecule has 0 spiro atoms. The molecule has 2 aromatic rings. The van der Waals surface area contributed by atoms with E-state index in [0.717, 1.165) is 0 Å². The van der Waals surface area contributed by atoms with Gasteiger partial charge in [0.1, 0.15) is 23.4 Å². The van der Waals surface area contributed by atoms with Gasteiger partial charge in [-0.25, -0.2) is 4.21 Å². The van der Waals surface area contributed by atoms with Gasteiger partial charge in [-0.15, -0.1) is 0 Å². The van der Waals surface area contributed by atoms with Gasteiger partial charge in [-0.2, -0.15) is 0 Å². The SMILES string of the molecule is CC(=O)C1C(=O)c2ccc(N(C)S(=O)c3ccc4c(c3)C(=O)C(C(C)=O)C4=O)cc2C1=O. The number of hydrogen-bond acceptors (Lipinski definition) is 7. The minimum atomic E-state index is -1.83. The van der Waals surface area contributed by atoms with Crippen LogP contribution < -0.4 is 4.31 Å². The smallest absolute Gasteiger partial charge is 0.181 e. The fourth-order valence-electron chi connectivity index (χ4n) is 4.05. The average molecular weight is 451 g/mol. The van der Waals surface area contributed by atoms with E-state index in [0.29, 0.717) is 5.69 Å². The van der Waals surface area contributed by atoms with Gasteiger partial charge in [0.15, 0.2) is 34.1 Å². The Morgan fingerprint density at radius 3 is 1.66 bits per heavy atom. The molecule has 9 heteroatoms. The van der Waals surface area contributed by atoms with Gasteiger partial charge in [0.2, 0.25) is 0 Å². The molecule has 32 heavy (non-hydrogen) atoms. The quantitative estimate of drug-likeness (QED) is 0.637. The third-order valence-electron chi connectivity index (χ3n) is 5.73. The predicted octanol–water partition coefficient (Wildman–Crippen LogP) is 2.01. The van der Waals surface area contributed by atoms with Gasteiger partial charge in [-0.1, -0.05) is 0 Å². The van der Waals surface area contributed by atoms with Crippen molar-refractivity contribution in [1.82, 2.24) is 0 Å². The van der Waals surface area contributed by atoms with E-state index in [1.165, 1.54) is 61.6 Å². The Kier molecular flexibility index (Phi) is 5.09. The fraction of sp³-hybridized carbons (Fsp3) is 0.217. The van der Waals surface area contributed by atoms with Crippen LogP contribution >= 0.6 is 0 Å². The second-order valence-electron chi connectivity index (χ2n) is 7.73. The Balaban J connectivity index is 1.66. The molecule has 0 radical (unpaired) electrons. The van der Waals surface area contributed by atoms with Crippen molar-refractivity contribution >= 4 is 51.4 Å². The lowest BCUT2D eigenvalue weighted by Gasteiger charge is -2.19. The van der Waals surface area contributed by atoms with Crippen LogP contribution in [0.1, 0.15) is 55.3 Å². The molecule has 0 saturated heterocycles. The highest BCUT2D eigenvalue weighted by Gasteiger charge is 2.43. The van der Waals surface area contributed by atoms with E-state index in [1.807, 2.05) is 0 Å². The largest absolute Gasteiger partial charge is 0.299 e. The van der Waals surface area contributed by atoms with Gasteiger partial charge >= 0.3 is 0 Å². The summed E-state index contributed by atoms with van der Waals surface area (Å²) in [6.07, 6.45) is 0. The number of carbonyl (C=O) groups is 6. The number of Topliss-reactive ketones (excluding diaryl/α,β-unsaturated/α-hetero) is 6. The number of ketones is 6. The molecule has 0 N–H and O–H groups in total. The van der Waals surface area contributed by atoms with Crippen LogP contribution in [-0.2, 0) is 20.6 Å². The minimum absolute atomic E-state index is 0.0495. The third-order valence-corrected chi connectivity index (χ3v) is 7.10. The van der Waals surface area contributed by atoms with Gasteiger partial charge in [0.05, 0.1) is 10.6 Å². The maximum atomic E-state index is 13.1. The molecule has 0 heterocycles. The molecule has 0 aromatic heterocycles. The Hall–Kier alpha value is -3.59. The maximum Gasteiger partial charge on any atom is 0.181 e. The molecule has 2 aromatic carbocycles. The summed E-state index contributed by atoms with van der Waals surface area (Å²) in [6.45, 7) is 2.36. The molecule has 8 nitrogen and oxygen atoms in total. The molecular weight excluding hydrogens is 434 g/mol. The molecule has 3 atom stereocenters. The lowest BCUT2D eigenvalue weighted by molar-refractivity contribution is -0.119. The first-order valence-corrected chi connectivity index (χ1v) is 10.8. The Labute approximate surface area is 185 Å². The first kappa shape index (κ1) is 21.6. The van der Waals surface area contributed by atoms with Crippen molar-refractivity contribution in [2.75, 3.05) is 11.4 Å². The van der Waals surface area contributed by atoms with Crippen molar-refractivity contribution < 1.29 is 33.0 Å². The molecule has 3 unspecified atom stereocenters. The van der Waals surface area contributed by atoms with E-state index in [1.54, 1.807) is 0 Å². The van der Waals surface area contributed by atoms with Crippen molar-refractivity contribution in [3.8, 4) is 0 Å². The van der Waals surface area contributed by atoms with Gasteiger partial charge in [0.25, 0.3) is 0 Å². The van der Waals surface area contributed by atoms with Crippen LogP contribution in [0.4, 0.5) is 5.69 Å². The molecule has 0 fully saturated rings. The normalized spacial score (nSPS) is 20.2. The summed E-state index contributed by atoms with van der Waals surface area (Å²) in [5, 5.41) is 0. The maximum absolute atomic E-state index is 13.1. The lowest BCUT2D eigenvalue weighted by atomic mass is 10.00. The Morgan fingerprint density at radius 1 is 0.719 bits per heavy atom. The second-order valence-corrected chi connectivity index (χ2v) is 9.25. The van der Waals surface area contributed by atoms with E-state index < -0.39 is 57.5 Å². The number of hydrogen-bond donors (Lipinski definition) is 0. The van der Waals surface area contributed by atoms with Gasteiger partial charge < -0.3 is 0 Å². The van der Waals surface area contributed by atoms with Crippen molar-refractivity contribution in [2.24, 2.45) is 11.8 Å². The molecular formula is C23H17NO7S. The zero-order valence-corrected chi connectivity index (χ0v) is 18.1. The van der Waals surface area contributed by atoms with Crippen molar-refractivity contribution in [2.45, 2.75) is 18.7 Å². The lowest BCUT2D eigenvalue weighted by Crippen LogP contribution is -2.23. The van der Waals surface area contributed by atoms with Crippen LogP contribution in [0.5, 0.6) is 0 Å². The summed E-state index contributed by atoms with van der Waals surface area (Å²) in [5.41, 5.74) is 0.770. The minimum Gasteiger partial charge on any atom is -0.299 e. The second kappa shape index (κ2) is 7.52. The standard InChI is InChI=1S/C23H17NO7S/c1-10(25)18-20(27)14-6-4-12(8-16(14)22(18)29)24(3)32(31)13-5-7-15-17(9-13)23(30)19(11(2)26)21(15)28/h4-9,18-19H,1-3H3. The highest BCUT2D eigenvalue weighted by atomic mass is 32.2. The third kappa shape index (κ3) is 3.08. The first-order valence-electron chi connectivity index (χ1n) is 9.66. The highest BCUT2D eigenvalue weighted by molar-refractivity contribution is 7.86. The summed E-state index contributed by atoms with van der Waals surface area (Å²) in [7, 11) is -0.332. The molecule has 2 aliphatic rings. The van der Waals surface area contributed by atoms with Crippen molar-refractivity contribution in [3.63, 3.8) is 0 Å². The van der Waals surface area contributed by atoms with Gasteiger partial charge in [-0.3, -0.25) is 33.1 Å². The van der Waals surface area contributed by atoms with Crippen LogP contribution in [0.25, 0.3) is 0 Å². The number of carbonyl (C=O) groups excluding carboxylic acids is 6. The van der Waals surface area contributed by atoms with Crippen molar-refractivity contribution in [3.05, 3.63) is 58.7 Å². The summed E-state index contributed by atoms with van der Waals surface area (Å²) >= 11 is 0. The Morgan fingerprint density at radius 2 is 1.16 bits per heavy atom. The van der Waals surface area contributed by atoms with Crippen LogP contribution in [0.3, 0.4) is 0 Å². The molecule has 0 amide bonds. The Bertz CT molecular complexity index is 1310. The first-order chi connectivity index (χ1) is 15.0. The molecule has 0 saturated carbocycles. The number of anilines is 1. The summed E-state index contributed by atoms with van der Waals surface area (Å²) in [5.74, 6) is -6.09. The average Bonchev–Trinajstić information content (AvgIpc) is 3.16.